The van der Waals surface area contributed by atoms with Gasteiger partial charge in [0, 0.05) is 11.3 Å². The van der Waals surface area contributed by atoms with Crippen LogP contribution in [0.25, 0.3) is 11.3 Å². The van der Waals surface area contributed by atoms with E-state index in [9.17, 15) is 5.11 Å². The number of nitrogen functional groups attached to an aromatic ring is 1. The number of anilines is 1. The van der Waals surface area contributed by atoms with Crippen molar-refractivity contribution in [3.05, 3.63) is 36.4 Å². The van der Waals surface area contributed by atoms with Crippen LogP contribution in [0.1, 0.15) is 0 Å². The first-order chi connectivity index (χ1) is 6.25. The summed E-state index contributed by atoms with van der Waals surface area (Å²) in [4.78, 5) is 2.99. The Balaban J connectivity index is 2.46. The van der Waals surface area contributed by atoms with E-state index in [1.807, 2.05) is 12.1 Å². The summed E-state index contributed by atoms with van der Waals surface area (Å²) < 4.78 is 0. The fourth-order valence-electron chi connectivity index (χ4n) is 1.25. The molecule has 0 aliphatic rings. The molecule has 0 amide bonds. The topological polar surface area (TPSA) is 62.0 Å². The fraction of sp³-hybridized carbons (Fsp3) is 0. The number of benzene rings is 1. The SMILES string of the molecule is Nc1ccc(-c2cccc(O)c2)[nH]1. The number of hydrogen-bond donors (Lipinski definition) is 3. The summed E-state index contributed by atoms with van der Waals surface area (Å²) in [5.74, 6) is 0.879. The van der Waals surface area contributed by atoms with Gasteiger partial charge in [-0.1, -0.05) is 12.1 Å². The number of aromatic hydroxyl groups is 1. The van der Waals surface area contributed by atoms with Gasteiger partial charge >= 0.3 is 0 Å². The molecule has 0 spiro atoms. The van der Waals surface area contributed by atoms with Crippen molar-refractivity contribution in [2.24, 2.45) is 0 Å². The molecule has 0 aliphatic heterocycles. The lowest BCUT2D eigenvalue weighted by atomic mass is 10.1. The Kier molecular flexibility index (Phi) is 1.70. The zero-order valence-electron chi connectivity index (χ0n) is 6.99. The van der Waals surface area contributed by atoms with E-state index in [4.69, 9.17) is 5.73 Å². The first kappa shape index (κ1) is 7.73. The van der Waals surface area contributed by atoms with E-state index in [-0.39, 0.29) is 5.75 Å². The van der Waals surface area contributed by atoms with Gasteiger partial charge in [-0.15, -0.1) is 0 Å². The number of nitrogens with one attached hydrogen (secondary N) is 1. The van der Waals surface area contributed by atoms with E-state index >= 15 is 0 Å². The van der Waals surface area contributed by atoms with Gasteiger partial charge in [0.05, 0.1) is 0 Å². The number of nitrogens with two attached hydrogens (primary N) is 1. The van der Waals surface area contributed by atoms with Crippen LogP contribution in [0.3, 0.4) is 0 Å². The molecule has 3 heteroatoms. The predicted molar refractivity (Wildman–Crippen MR) is 52.3 cm³/mol. The highest BCUT2D eigenvalue weighted by Crippen LogP contribution is 2.22. The second-order valence-corrected chi connectivity index (χ2v) is 2.88. The monoisotopic (exact) mass is 174 g/mol. The van der Waals surface area contributed by atoms with Crippen molar-refractivity contribution in [2.45, 2.75) is 0 Å². The normalized spacial score (nSPS) is 10.2. The Morgan fingerprint density at radius 3 is 2.62 bits per heavy atom. The molecule has 1 aromatic carbocycles. The van der Waals surface area contributed by atoms with E-state index in [1.54, 1.807) is 24.3 Å². The molecule has 1 aromatic heterocycles. The van der Waals surface area contributed by atoms with Crippen LogP contribution in [0.5, 0.6) is 5.75 Å². The van der Waals surface area contributed by atoms with Crippen molar-refractivity contribution in [3.63, 3.8) is 0 Å². The number of aromatic amines is 1. The van der Waals surface area contributed by atoms with E-state index in [1.165, 1.54) is 0 Å². The molecule has 1 heterocycles. The smallest absolute Gasteiger partial charge is 0.116 e. The van der Waals surface area contributed by atoms with E-state index < -0.39 is 0 Å². The summed E-state index contributed by atoms with van der Waals surface area (Å²) in [5, 5.41) is 9.24. The quantitative estimate of drug-likeness (QED) is 0.619. The summed E-state index contributed by atoms with van der Waals surface area (Å²) in [6.45, 7) is 0. The number of hydrogen-bond acceptors (Lipinski definition) is 2. The maximum absolute atomic E-state index is 9.24. The van der Waals surface area contributed by atoms with Crippen LogP contribution in [0.4, 0.5) is 5.82 Å². The van der Waals surface area contributed by atoms with Gasteiger partial charge in [-0.05, 0) is 24.3 Å². The second kappa shape index (κ2) is 2.86. The molecule has 13 heavy (non-hydrogen) atoms. The van der Waals surface area contributed by atoms with Gasteiger partial charge in [0.15, 0.2) is 0 Å². The minimum Gasteiger partial charge on any atom is -0.508 e. The minimum atomic E-state index is 0.255. The Morgan fingerprint density at radius 1 is 1.15 bits per heavy atom. The van der Waals surface area contributed by atoms with Gasteiger partial charge in [0.2, 0.25) is 0 Å². The maximum Gasteiger partial charge on any atom is 0.116 e. The summed E-state index contributed by atoms with van der Waals surface area (Å²) in [5.41, 5.74) is 7.37. The lowest BCUT2D eigenvalue weighted by Crippen LogP contribution is -1.83. The molecule has 2 rings (SSSR count). The number of phenolic OH excluding ortho intramolecular Hbond substituents is 1. The molecule has 0 unspecified atom stereocenters. The fourth-order valence-corrected chi connectivity index (χ4v) is 1.25. The number of phenols is 1. The van der Waals surface area contributed by atoms with Gasteiger partial charge in [0.1, 0.15) is 11.6 Å². The predicted octanol–water partition coefficient (Wildman–Crippen LogP) is 1.97. The molecule has 0 bridgehead atoms. The molecule has 3 nitrogen and oxygen atoms in total. The molecule has 2 aromatic rings. The van der Waals surface area contributed by atoms with Gasteiger partial charge < -0.3 is 15.8 Å². The third kappa shape index (κ3) is 1.49. The molecule has 66 valence electrons. The highest BCUT2D eigenvalue weighted by atomic mass is 16.3. The molecule has 0 saturated heterocycles. The van der Waals surface area contributed by atoms with Crippen LogP contribution in [0, 0.1) is 0 Å². The van der Waals surface area contributed by atoms with Crippen molar-refractivity contribution < 1.29 is 5.11 Å². The summed E-state index contributed by atoms with van der Waals surface area (Å²) in [7, 11) is 0. The summed E-state index contributed by atoms with van der Waals surface area (Å²) in [6.07, 6.45) is 0. The zero-order chi connectivity index (χ0) is 9.26. The molecule has 0 fully saturated rings. The van der Waals surface area contributed by atoms with Crippen LogP contribution in [-0.2, 0) is 0 Å². The number of aromatic nitrogens is 1. The molecule has 0 atom stereocenters. The average molecular weight is 174 g/mol. The van der Waals surface area contributed by atoms with Crippen LogP contribution in [0.15, 0.2) is 36.4 Å². The van der Waals surface area contributed by atoms with Crippen LogP contribution < -0.4 is 5.73 Å². The molecule has 4 N–H and O–H groups in total. The zero-order valence-corrected chi connectivity index (χ0v) is 6.99. The Morgan fingerprint density at radius 2 is 2.00 bits per heavy atom. The van der Waals surface area contributed by atoms with Gasteiger partial charge in [-0.3, -0.25) is 0 Å². The van der Waals surface area contributed by atoms with Crippen molar-refractivity contribution in [1.82, 2.24) is 4.98 Å². The van der Waals surface area contributed by atoms with E-state index in [2.05, 4.69) is 4.98 Å². The molecular weight excluding hydrogens is 164 g/mol. The van der Waals surface area contributed by atoms with Crippen molar-refractivity contribution in [1.29, 1.82) is 0 Å². The van der Waals surface area contributed by atoms with Gasteiger partial charge in [-0.2, -0.15) is 0 Å². The Bertz CT molecular complexity index is 420. The molecule has 0 saturated carbocycles. The first-order valence-corrected chi connectivity index (χ1v) is 3.99. The Labute approximate surface area is 75.8 Å². The lowest BCUT2D eigenvalue weighted by molar-refractivity contribution is 0.475. The lowest BCUT2D eigenvalue weighted by Gasteiger charge is -1.98. The van der Waals surface area contributed by atoms with Crippen LogP contribution >= 0.6 is 0 Å². The second-order valence-electron chi connectivity index (χ2n) is 2.88. The standard InChI is InChI=1S/C10H10N2O/c11-10-5-4-9(12-10)7-2-1-3-8(13)6-7/h1-6,12-13H,11H2. The van der Waals surface area contributed by atoms with Crippen LogP contribution in [-0.4, -0.2) is 10.1 Å². The molecule has 0 radical (unpaired) electrons. The van der Waals surface area contributed by atoms with Crippen molar-refractivity contribution in [3.8, 4) is 17.0 Å². The van der Waals surface area contributed by atoms with Crippen molar-refractivity contribution >= 4 is 5.82 Å². The summed E-state index contributed by atoms with van der Waals surface area (Å²) >= 11 is 0. The van der Waals surface area contributed by atoms with Gasteiger partial charge in [-0.25, -0.2) is 0 Å². The highest BCUT2D eigenvalue weighted by molar-refractivity contribution is 5.63. The largest absolute Gasteiger partial charge is 0.508 e. The third-order valence-corrected chi connectivity index (χ3v) is 1.87. The van der Waals surface area contributed by atoms with Gasteiger partial charge in [0.25, 0.3) is 0 Å². The molecule has 0 aliphatic carbocycles. The maximum atomic E-state index is 9.24. The third-order valence-electron chi connectivity index (χ3n) is 1.87. The van der Waals surface area contributed by atoms with Crippen molar-refractivity contribution in [2.75, 3.05) is 5.73 Å². The first-order valence-electron chi connectivity index (χ1n) is 3.99. The minimum absolute atomic E-state index is 0.255. The average Bonchev–Trinajstić information content (AvgIpc) is 2.52. The number of H-pyrrole nitrogens is 1. The van der Waals surface area contributed by atoms with E-state index in [0.29, 0.717) is 5.82 Å². The molecular formula is C10H10N2O. The Hall–Kier alpha value is -1.90. The summed E-state index contributed by atoms with van der Waals surface area (Å²) in [6, 6.07) is 10.7. The highest BCUT2D eigenvalue weighted by Gasteiger charge is 1.99. The van der Waals surface area contributed by atoms with E-state index in [0.717, 1.165) is 11.3 Å². The number of rotatable bonds is 1. The van der Waals surface area contributed by atoms with Crippen LogP contribution in [0.2, 0.25) is 0 Å².